The van der Waals surface area contributed by atoms with Gasteiger partial charge in [-0.05, 0) is 54.8 Å². The molecule has 0 aromatic rings. The molecule has 9 heteroatoms. The summed E-state index contributed by atoms with van der Waals surface area (Å²) < 4.78 is 53.0. The van der Waals surface area contributed by atoms with Crippen LogP contribution in [0, 0.1) is 34.0 Å². The van der Waals surface area contributed by atoms with Gasteiger partial charge in [0.1, 0.15) is 0 Å². The van der Waals surface area contributed by atoms with Crippen molar-refractivity contribution in [2.45, 2.75) is 52.1 Å². The molecule has 0 radical (unpaired) electrons. The number of carbonyl (C=O) groups excluding carboxylic acids is 1. The summed E-state index contributed by atoms with van der Waals surface area (Å²) in [7, 11) is -1.02. The summed E-state index contributed by atoms with van der Waals surface area (Å²) in [5.41, 5.74) is -0.568. The molecule has 1 aliphatic heterocycles. The summed E-state index contributed by atoms with van der Waals surface area (Å²) >= 11 is 0. The Balaban J connectivity index is 0.00000272. The topological polar surface area (TPSA) is 102 Å². The van der Waals surface area contributed by atoms with Crippen molar-refractivity contribution in [2.75, 3.05) is 33.2 Å². The van der Waals surface area contributed by atoms with E-state index in [-0.39, 0.29) is 76.8 Å². The number of carbonyl (C=O) groups is 1. The fraction of sp³-hybridized carbons (Fsp3) is 0.864. The molecule has 3 fully saturated rings. The first-order valence-corrected chi connectivity index (χ1v) is 12.4. The second-order valence-electron chi connectivity index (χ2n) is 10.3. The molecule has 170 valence electrons. The summed E-state index contributed by atoms with van der Waals surface area (Å²) in [6, 6.07) is 0. The van der Waals surface area contributed by atoms with Crippen LogP contribution in [0.1, 0.15) is 46.0 Å². The van der Waals surface area contributed by atoms with E-state index < -0.39 is 21.3 Å². The molecular weight excluding hydrogens is 431 g/mol. The van der Waals surface area contributed by atoms with Crippen LogP contribution in [0.15, 0.2) is 11.6 Å². The average molecular weight is 465 g/mol. The molecule has 4 aliphatic rings. The van der Waals surface area contributed by atoms with Crippen LogP contribution in [0.2, 0.25) is 0 Å². The third-order valence-electron chi connectivity index (χ3n) is 9.11. The van der Waals surface area contributed by atoms with E-state index >= 15 is 0 Å². The number of hydrogen-bond donors (Lipinski definition) is 0. The Hall–Kier alpha value is 0.0400. The van der Waals surface area contributed by atoms with E-state index in [1.54, 1.807) is 14.2 Å². The zero-order valence-electron chi connectivity index (χ0n) is 19.3. The first-order chi connectivity index (χ1) is 14.0. The quantitative estimate of drug-likeness (QED) is 0.308. The zero-order chi connectivity index (χ0) is 21.9. The molecule has 7 nitrogen and oxygen atoms in total. The maximum absolute atomic E-state index is 12.3. The Labute approximate surface area is 207 Å². The van der Waals surface area contributed by atoms with Gasteiger partial charge >= 0.3 is 35.5 Å². The molecular formula is C22H33NaO7S. The number of ether oxygens (including phenoxy) is 3. The molecule has 3 unspecified atom stereocenters. The minimum atomic E-state index is -4.47. The van der Waals surface area contributed by atoms with E-state index in [9.17, 15) is 17.8 Å². The second-order valence-corrected chi connectivity index (χ2v) is 11.7. The first kappa shape index (κ1) is 25.7. The Kier molecular flexibility index (Phi) is 7.18. The van der Waals surface area contributed by atoms with Gasteiger partial charge in [-0.2, -0.15) is 0 Å². The van der Waals surface area contributed by atoms with Crippen LogP contribution >= 0.6 is 0 Å². The van der Waals surface area contributed by atoms with Gasteiger partial charge in [0.25, 0.3) is 0 Å². The number of hydrogen-bond acceptors (Lipinski definition) is 7. The Morgan fingerprint density at radius 2 is 1.90 bits per heavy atom. The molecule has 0 spiro atoms. The average Bonchev–Trinajstić information content (AvgIpc) is 3.02. The standard InChI is InChI=1S/C22H34O7S.Na/c1-20-9-8-18(28-4)21(2,12-27-3)16(20)7-10-22(13-30(24,25)26)15-11-29-19(23)14(15)5-6-17(20)22;/h5,15-18H,6-13H2,1-4H3,(H,24,25,26);/q;+1/p-1/t15?,16?,17?,18-,20-,21+,22+;/m1./s1. The van der Waals surface area contributed by atoms with E-state index in [4.69, 9.17) is 14.2 Å². The van der Waals surface area contributed by atoms with Crippen molar-refractivity contribution in [2.24, 2.45) is 34.0 Å². The van der Waals surface area contributed by atoms with Crippen molar-refractivity contribution in [1.29, 1.82) is 0 Å². The van der Waals surface area contributed by atoms with E-state index in [1.165, 1.54) is 0 Å². The minimum Gasteiger partial charge on any atom is -0.748 e. The van der Waals surface area contributed by atoms with Crippen LogP contribution in [0.5, 0.6) is 0 Å². The third-order valence-corrected chi connectivity index (χ3v) is 10.00. The number of allylic oxidation sites excluding steroid dienone is 1. The minimum absolute atomic E-state index is 0. The first-order valence-electron chi connectivity index (χ1n) is 10.8. The Morgan fingerprint density at radius 3 is 2.52 bits per heavy atom. The Morgan fingerprint density at radius 1 is 1.19 bits per heavy atom. The van der Waals surface area contributed by atoms with E-state index in [2.05, 4.69) is 13.8 Å². The third kappa shape index (κ3) is 3.88. The van der Waals surface area contributed by atoms with Gasteiger partial charge in [-0.25, -0.2) is 13.2 Å². The maximum Gasteiger partial charge on any atom is 1.00 e. The van der Waals surface area contributed by atoms with Gasteiger partial charge in [0.2, 0.25) is 0 Å². The second kappa shape index (κ2) is 8.67. The molecule has 0 bridgehead atoms. The molecule has 3 aliphatic carbocycles. The predicted octanol–water partition coefficient (Wildman–Crippen LogP) is -0.481. The van der Waals surface area contributed by atoms with Gasteiger partial charge in [-0.3, -0.25) is 0 Å². The molecule has 0 amide bonds. The van der Waals surface area contributed by atoms with Crippen LogP contribution in [0.25, 0.3) is 0 Å². The van der Waals surface area contributed by atoms with Crippen LogP contribution in [0.3, 0.4) is 0 Å². The predicted molar refractivity (Wildman–Crippen MR) is 108 cm³/mol. The maximum atomic E-state index is 12.3. The summed E-state index contributed by atoms with van der Waals surface area (Å²) in [6.45, 7) is 5.21. The van der Waals surface area contributed by atoms with Crippen LogP contribution in [-0.2, 0) is 29.1 Å². The fourth-order valence-corrected chi connectivity index (χ4v) is 9.28. The van der Waals surface area contributed by atoms with Gasteiger partial charge in [0.05, 0.1) is 29.4 Å². The monoisotopic (exact) mass is 464 g/mol. The van der Waals surface area contributed by atoms with Crippen LogP contribution in [0.4, 0.5) is 0 Å². The van der Waals surface area contributed by atoms with Crippen LogP contribution in [-0.4, -0.2) is 58.2 Å². The van der Waals surface area contributed by atoms with E-state index in [1.807, 2.05) is 6.08 Å². The van der Waals surface area contributed by atoms with Crippen LogP contribution < -0.4 is 29.6 Å². The van der Waals surface area contributed by atoms with Crippen molar-refractivity contribution in [3.05, 3.63) is 11.6 Å². The van der Waals surface area contributed by atoms with E-state index in [0.717, 1.165) is 19.3 Å². The number of esters is 1. The summed E-state index contributed by atoms with van der Waals surface area (Å²) in [6.07, 6.45) is 5.74. The Bertz CT molecular complexity index is 858. The summed E-state index contributed by atoms with van der Waals surface area (Å²) in [4.78, 5) is 12.3. The molecule has 2 saturated carbocycles. The molecule has 0 aromatic heterocycles. The normalized spacial score (nSPS) is 44.3. The van der Waals surface area contributed by atoms with Crippen molar-refractivity contribution >= 4 is 16.1 Å². The largest absolute Gasteiger partial charge is 1.00 e. The van der Waals surface area contributed by atoms with Crippen molar-refractivity contribution < 1.29 is 61.5 Å². The van der Waals surface area contributed by atoms with E-state index in [0.29, 0.717) is 25.0 Å². The summed E-state index contributed by atoms with van der Waals surface area (Å²) in [5.74, 6) is -0.853. The van der Waals surface area contributed by atoms with Gasteiger partial charge in [0, 0.05) is 36.9 Å². The molecule has 4 rings (SSSR count). The number of methoxy groups -OCH3 is 2. The summed E-state index contributed by atoms with van der Waals surface area (Å²) in [5, 5.41) is 0. The molecule has 31 heavy (non-hydrogen) atoms. The van der Waals surface area contributed by atoms with Gasteiger partial charge < -0.3 is 18.8 Å². The number of rotatable bonds is 5. The smallest absolute Gasteiger partial charge is 0.748 e. The van der Waals surface area contributed by atoms with Crippen molar-refractivity contribution in [1.82, 2.24) is 0 Å². The van der Waals surface area contributed by atoms with Gasteiger partial charge in [-0.1, -0.05) is 19.9 Å². The van der Waals surface area contributed by atoms with Crippen molar-refractivity contribution in [3.63, 3.8) is 0 Å². The number of fused-ring (bicyclic) bond motifs is 5. The molecule has 1 heterocycles. The van der Waals surface area contributed by atoms with Crippen molar-refractivity contribution in [3.8, 4) is 0 Å². The number of cyclic esters (lactones) is 1. The zero-order valence-corrected chi connectivity index (χ0v) is 22.1. The van der Waals surface area contributed by atoms with Gasteiger partial charge in [-0.15, -0.1) is 0 Å². The fourth-order valence-electron chi connectivity index (χ4n) is 8.08. The molecule has 0 aromatic carbocycles. The molecule has 1 saturated heterocycles. The molecule has 7 atom stereocenters. The SMILES string of the molecule is COC[C@@]1(C)C2CC[C@]3(CS(=O)(=O)[O-])C4COC(=O)C4=CCC3[C@]2(C)CC[C@H]1OC.[Na+]. The molecule has 0 N–H and O–H groups in total. The van der Waals surface area contributed by atoms with Gasteiger partial charge in [0.15, 0.2) is 0 Å².